The van der Waals surface area contributed by atoms with Crippen molar-refractivity contribution in [2.45, 2.75) is 12.5 Å². The number of imide groups is 1. The van der Waals surface area contributed by atoms with Crippen molar-refractivity contribution in [1.82, 2.24) is 4.90 Å². The quantitative estimate of drug-likeness (QED) is 0.814. The Morgan fingerprint density at radius 3 is 2.43 bits per heavy atom. The van der Waals surface area contributed by atoms with E-state index in [2.05, 4.69) is 0 Å². The summed E-state index contributed by atoms with van der Waals surface area (Å²) in [6.07, 6.45) is 3.14. The van der Waals surface area contributed by atoms with Crippen LogP contribution in [-0.2, 0) is 16.0 Å². The Bertz CT molecular complexity index is 710. The molecule has 0 N–H and O–H groups in total. The van der Waals surface area contributed by atoms with Gasteiger partial charge in [-0.15, -0.1) is 0 Å². The number of nitrogens with zero attached hydrogens (tertiary/aromatic N) is 1. The molecule has 23 heavy (non-hydrogen) atoms. The lowest BCUT2D eigenvalue weighted by atomic mass is 10.1. The summed E-state index contributed by atoms with van der Waals surface area (Å²) in [6.45, 7) is 0.235. The lowest BCUT2D eigenvalue weighted by Gasteiger charge is -2.18. The first kappa shape index (κ1) is 15.0. The molecule has 0 bridgehead atoms. The second kappa shape index (κ2) is 6.92. The smallest absolute Gasteiger partial charge is 0.417 e. The SMILES string of the molecule is O=C(C=Cc1ccccc1)N1C(=O)OCC1Cc1ccccc1. The van der Waals surface area contributed by atoms with Crippen LogP contribution in [0.2, 0.25) is 0 Å². The lowest BCUT2D eigenvalue weighted by molar-refractivity contribution is -0.124. The van der Waals surface area contributed by atoms with E-state index in [0.717, 1.165) is 11.1 Å². The fourth-order valence-corrected chi connectivity index (χ4v) is 2.58. The van der Waals surface area contributed by atoms with Gasteiger partial charge in [-0.25, -0.2) is 9.69 Å². The molecule has 0 spiro atoms. The first-order chi connectivity index (χ1) is 11.2. The molecule has 4 nitrogen and oxygen atoms in total. The minimum atomic E-state index is -0.575. The lowest BCUT2D eigenvalue weighted by Crippen LogP contribution is -2.39. The van der Waals surface area contributed by atoms with Crippen LogP contribution in [0.5, 0.6) is 0 Å². The molecule has 1 unspecified atom stereocenters. The molecule has 0 aromatic heterocycles. The van der Waals surface area contributed by atoms with Gasteiger partial charge in [0.05, 0.1) is 6.04 Å². The number of benzene rings is 2. The van der Waals surface area contributed by atoms with Crippen molar-refractivity contribution in [1.29, 1.82) is 0 Å². The summed E-state index contributed by atoms with van der Waals surface area (Å²) in [4.78, 5) is 25.4. The van der Waals surface area contributed by atoms with E-state index in [-0.39, 0.29) is 18.6 Å². The highest BCUT2D eigenvalue weighted by atomic mass is 16.6. The number of hydrogen-bond acceptors (Lipinski definition) is 3. The Morgan fingerprint density at radius 2 is 1.74 bits per heavy atom. The van der Waals surface area contributed by atoms with Gasteiger partial charge in [-0.2, -0.15) is 0 Å². The summed E-state index contributed by atoms with van der Waals surface area (Å²) in [5.41, 5.74) is 1.98. The molecule has 4 heteroatoms. The standard InChI is InChI=1S/C19H17NO3/c21-18(12-11-15-7-3-1-4-8-15)20-17(14-23-19(20)22)13-16-9-5-2-6-10-16/h1-12,17H,13-14H2. The predicted molar refractivity (Wildman–Crippen MR) is 87.6 cm³/mol. The maximum atomic E-state index is 12.4. The second-order valence-electron chi connectivity index (χ2n) is 5.37. The number of carbonyl (C=O) groups is 2. The third-order valence-electron chi connectivity index (χ3n) is 3.73. The number of ether oxygens (including phenoxy) is 1. The predicted octanol–water partition coefficient (Wildman–Crippen LogP) is 3.29. The fraction of sp³-hybridized carbons (Fsp3) is 0.158. The summed E-state index contributed by atoms with van der Waals surface area (Å²) in [7, 11) is 0. The summed E-state index contributed by atoms with van der Waals surface area (Å²) < 4.78 is 5.06. The fourth-order valence-electron chi connectivity index (χ4n) is 2.58. The van der Waals surface area contributed by atoms with Crippen LogP contribution in [0, 0.1) is 0 Å². The molecule has 0 aliphatic carbocycles. The monoisotopic (exact) mass is 307 g/mol. The zero-order chi connectivity index (χ0) is 16.1. The van der Waals surface area contributed by atoms with Crippen LogP contribution in [0.25, 0.3) is 6.08 Å². The Balaban J connectivity index is 1.72. The van der Waals surface area contributed by atoms with E-state index in [1.807, 2.05) is 60.7 Å². The number of hydrogen-bond donors (Lipinski definition) is 0. The van der Waals surface area contributed by atoms with Crippen molar-refractivity contribution in [3.63, 3.8) is 0 Å². The highest BCUT2D eigenvalue weighted by molar-refractivity contribution is 6.02. The van der Waals surface area contributed by atoms with Gasteiger partial charge in [0.15, 0.2) is 0 Å². The van der Waals surface area contributed by atoms with E-state index in [0.29, 0.717) is 6.42 Å². The summed E-state index contributed by atoms with van der Waals surface area (Å²) in [5.74, 6) is -0.350. The molecular weight excluding hydrogens is 290 g/mol. The van der Waals surface area contributed by atoms with Gasteiger partial charge in [0.1, 0.15) is 6.61 Å². The van der Waals surface area contributed by atoms with Crippen LogP contribution in [0.15, 0.2) is 66.7 Å². The van der Waals surface area contributed by atoms with Gasteiger partial charge in [-0.1, -0.05) is 60.7 Å². The van der Waals surface area contributed by atoms with Crippen molar-refractivity contribution in [2.75, 3.05) is 6.61 Å². The van der Waals surface area contributed by atoms with E-state index in [1.54, 1.807) is 6.08 Å². The molecule has 2 aromatic rings. The Hall–Kier alpha value is -2.88. The normalized spacial score (nSPS) is 17.5. The third-order valence-corrected chi connectivity index (χ3v) is 3.73. The van der Waals surface area contributed by atoms with Gasteiger partial charge in [0, 0.05) is 6.08 Å². The molecular formula is C19H17NO3. The minimum Gasteiger partial charge on any atom is -0.447 e. The Labute approximate surface area is 135 Å². The van der Waals surface area contributed by atoms with Gasteiger partial charge in [-0.05, 0) is 23.6 Å². The van der Waals surface area contributed by atoms with Crippen LogP contribution in [0.1, 0.15) is 11.1 Å². The second-order valence-corrected chi connectivity index (χ2v) is 5.37. The average Bonchev–Trinajstić information content (AvgIpc) is 2.95. The number of rotatable bonds is 4. The average molecular weight is 307 g/mol. The molecule has 1 saturated heterocycles. The van der Waals surface area contributed by atoms with Gasteiger partial charge in [-0.3, -0.25) is 4.79 Å². The molecule has 0 saturated carbocycles. The Kier molecular flexibility index (Phi) is 4.52. The van der Waals surface area contributed by atoms with E-state index >= 15 is 0 Å². The topological polar surface area (TPSA) is 46.6 Å². The summed E-state index contributed by atoms with van der Waals surface area (Å²) >= 11 is 0. The third kappa shape index (κ3) is 3.66. The van der Waals surface area contributed by atoms with Gasteiger partial charge < -0.3 is 4.74 Å². The summed E-state index contributed by atoms with van der Waals surface area (Å²) in [5, 5.41) is 0. The van der Waals surface area contributed by atoms with E-state index in [1.165, 1.54) is 11.0 Å². The van der Waals surface area contributed by atoms with Crippen molar-refractivity contribution in [2.24, 2.45) is 0 Å². The van der Waals surface area contributed by atoms with E-state index < -0.39 is 6.09 Å². The van der Waals surface area contributed by atoms with Crippen LogP contribution in [0.4, 0.5) is 4.79 Å². The maximum absolute atomic E-state index is 12.4. The van der Waals surface area contributed by atoms with Crippen molar-refractivity contribution in [3.8, 4) is 0 Å². The highest BCUT2D eigenvalue weighted by Gasteiger charge is 2.36. The first-order valence-electron chi connectivity index (χ1n) is 7.51. The zero-order valence-corrected chi connectivity index (χ0v) is 12.6. The zero-order valence-electron chi connectivity index (χ0n) is 12.6. The maximum Gasteiger partial charge on any atom is 0.417 e. The van der Waals surface area contributed by atoms with Crippen LogP contribution >= 0.6 is 0 Å². The number of carbonyl (C=O) groups excluding carboxylic acids is 2. The van der Waals surface area contributed by atoms with Gasteiger partial charge >= 0.3 is 6.09 Å². The molecule has 3 rings (SSSR count). The van der Waals surface area contributed by atoms with Crippen molar-refractivity contribution >= 4 is 18.1 Å². The van der Waals surface area contributed by atoms with Gasteiger partial charge in [0.2, 0.25) is 0 Å². The summed E-state index contributed by atoms with van der Waals surface area (Å²) in [6, 6.07) is 19.0. The molecule has 116 valence electrons. The molecule has 1 fully saturated rings. The number of cyclic esters (lactones) is 1. The highest BCUT2D eigenvalue weighted by Crippen LogP contribution is 2.18. The van der Waals surface area contributed by atoms with Crippen LogP contribution in [-0.4, -0.2) is 29.5 Å². The van der Waals surface area contributed by atoms with Crippen LogP contribution in [0.3, 0.4) is 0 Å². The number of amides is 2. The molecule has 2 amide bonds. The largest absolute Gasteiger partial charge is 0.447 e. The van der Waals surface area contributed by atoms with Crippen molar-refractivity contribution in [3.05, 3.63) is 77.9 Å². The molecule has 0 radical (unpaired) electrons. The van der Waals surface area contributed by atoms with E-state index in [9.17, 15) is 9.59 Å². The van der Waals surface area contributed by atoms with E-state index in [4.69, 9.17) is 4.74 Å². The first-order valence-corrected chi connectivity index (χ1v) is 7.51. The molecule has 1 aliphatic heterocycles. The Morgan fingerprint density at radius 1 is 1.09 bits per heavy atom. The molecule has 2 aromatic carbocycles. The molecule has 1 heterocycles. The molecule has 1 aliphatic rings. The minimum absolute atomic E-state index is 0.235. The van der Waals surface area contributed by atoms with Crippen LogP contribution < -0.4 is 0 Å². The van der Waals surface area contributed by atoms with Gasteiger partial charge in [0.25, 0.3) is 5.91 Å². The molecule has 1 atom stereocenters. The van der Waals surface area contributed by atoms with Crippen molar-refractivity contribution < 1.29 is 14.3 Å².